The first-order valence-corrected chi connectivity index (χ1v) is 6.24. The first kappa shape index (κ1) is 13.4. The van der Waals surface area contributed by atoms with E-state index in [0.29, 0.717) is 19.7 Å². The first-order valence-electron chi connectivity index (χ1n) is 6.24. The summed E-state index contributed by atoms with van der Waals surface area (Å²) in [6.07, 6.45) is 1.74. The SMILES string of the molecule is C=CCOc1ccccc1CNCc1cc(C)no1. The van der Waals surface area contributed by atoms with Gasteiger partial charge in [-0.2, -0.15) is 0 Å². The van der Waals surface area contributed by atoms with Crippen LogP contribution < -0.4 is 10.1 Å². The zero-order chi connectivity index (χ0) is 13.5. The molecule has 1 heterocycles. The number of ether oxygens (including phenoxy) is 1. The van der Waals surface area contributed by atoms with E-state index in [0.717, 1.165) is 22.8 Å². The van der Waals surface area contributed by atoms with Gasteiger partial charge in [-0.25, -0.2) is 0 Å². The average molecular weight is 258 g/mol. The summed E-state index contributed by atoms with van der Waals surface area (Å²) in [7, 11) is 0. The second kappa shape index (κ2) is 6.75. The maximum absolute atomic E-state index is 5.60. The van der Waals surface area contributed by atoms with Crippen molar-refractivity contribution in [2.75, 3.05) is 6.61 Å². The second-order valence-corrected chi connectivity index (χ2v) is 4.25. The van der Waals surface area contributed by atoms with Crippen molar-refractivity contribution in [2.24, 2.45) is 0 Å². The summed E-state index contributed by atoms with van der Waals surface area (Å²) in [5, 5.41) is 7.16. The summed E-state index contributed by atoms with van der Waals surface area (Å²) in [5.41, 5.74) is 2.01. The van der Waals surface area contributed by atoms with E-state index < -0.39 is 0 Å². The van der Waals surface area contributed by atoms with E-state index in [4.69, 9.17) is 9.26 Å². The Morgan fingerprint density at radius 2 is 2.21 bits per heavy atom. The van der Waals surface area contributed by atoms with E-state index in [-0.39, 0.29) is 0 Å². The van der Waals surface area contributed by atoms with Crippen LogP contribution in [0.1, 0.15) is 17.0 Å². The maximum Gasteiger partial charge on any atom is 0.150 e. The Hall–Kier alpha value is -2.07. The van der Waals surface area contributed by atoms with Gasteiger partial charge in [0.15, 0.2) is 5.76 Å². The predicted molar refractivity (Wildman–Crippen MR) is 73.9 cm³/mol. The zero-order valence-corrected chi connectivity index (χ0v) is 11.1. The molecule has 1 aromatic carbocycles. The van der Waals surface area contributed by atoms with Crippen LogP contribution in [0.15, 0.2) is 47.5 Å². The summed E-state index contributed by atoms with van der Waals surface area (Å²) in [6.45, 7) is 7.43. The Balaban J connectivity index is 1.89. The van der Waals surface area contributed by atoms with Crippen LogP contribution in [0.5, 0.6) is 5.75 Å². The largest absolute Gasteiger partial charge is 0.489 e. The molecule has 0 amide bonds. The van der Waals surface area contributed by atoms with Crippen molar-refractivity contribution >= 4 is 0 Å². The third-order valence-corrected chi connectivity index (χ3v) is 2.62. The standard InChI is InChI=1S/C15H18N2O2/c1-3-8-18-15-7-5-4-6-13(15)10-16-11-14-9-12(2)17-19-14/h3-7,9,16H,1,8,10-11H2,2H3. The molecule has 2 rings (SSSR count). The summed E-state index contributed by atoms with van der Waals surface area (Å²) >= 11 is 0. The molecule has 0 aliphatic carbocycles. The Bertz CT molecular complexity index is 534. The van der Waals surface area contributed by atoms with E-state index in [2.05, 4.69) is 17.1 Å². The molecular formula is C15H18N2O2. The molecular weight excluding hydrogens is 240 g/mol. The maximum atomic E-state index is 5.60. The molecule has 4 heteroatoms. The number of nitrogens with zero attached hydrogens (tertiary/aromatic N) is 1. The van der Waals surface area contributed by atoms with Gasteiger partial charge in [0.2, 0.25) is 0 Å². The molecule has 100 valence electrons. The smallest absolute Gasteiger partial charge is 0.150 e. The van der Waals surface area contributed by atoms with E-state index >= 15 is 0 Å². The minimum atomic E-state index is 0.512. The molecule has 0 unspecified atom stereocenters. The van der Waals surface area contributed by atoms with E-state index in [1.807, 2.05) is 37.3 Å². The van der Waals surface area contributed by atoms with Crippen LogP contribution in [-0.4, -0.2) is 11.8 Å². The van der Waals surface area contributed by atoms with Gasteiger partial charge in [0, 0.05) is 18.2 Å². The Labute approximate surface area is 113 Å². The summed E-state index contributed by atoms with van der Waals surface area (Å²) in [6, 6.07) is 9.88. The van der Waals surface area contributed by atoms with Gasteiger partial charge in [-0.1, -0.05) is 36.0 Å². The van der Waals surface area contributed by atoms with Gasteiger partial charge in [0.25, 0.3) is 0 Å². The molecule has 0 saturated heterocycles. The lowest BCUT2D eigenvalue weighted by Crippen LogP contribution is -2.13. The lowest BCUT2D eigenvalue weighted by molar-refractivity contribution is 0.354. The predicted octanol–water partition coefficient (Wildman–Crippen LogP) is 2.84. The molecule has 0 saturated carbocycles. The van der Waals surface area contributed by atoms with Crippen molar-refractivity contribution in [3.05, 3.63) is 60.0 Å². The highest BCUT2D eigenvalue weighted by molar-refractivity contribution is 5.33. The molecule has 0 radical (unpaired) electrons. The Morgan fingerprint density at radius 3 is 2.95 bits per heavy atom. The number of aromatic nitrogens is 1. The fourth-order valence-corrected chi connectivity index (χ4v) is 1.76. The van der Waals surface area contributed by atoms with Gasteiger partial charge in [-0.3, -0.25) is 0 Å². The average Bonchev–Trinajstić information content (AvgIpc) is 2.83. The van der Waals surface area contributed by atoms with Crippen molar-refractivity contribution in [1.82, 2.24) is 10.5 Å². The van der Waals surface area contributed by atoms with Crippen molar-refractivity contribution in [3.8, 4) is 5.75 Å². The minimum absolute atomic E-state index is 0.512. The van der Waals surface area contributed by atoms with Gasteiger partial charge < -0.3 is 14.6 Å². The van der Waals surface area contributed by atoms with Crippen molar-refractivity contribution in [3.63, 3.8) is 0 Å². The van der Waals surface area contributed by atoms with E-state index in [9.17, 15) is 0 Å². The minimum Gasteiger partial charge on any atom is -0.489 e. The molecule has 0 aliphatic heterocycles. The summed E-state index contributed by atoms with van der Waals surface area (Å²) in [5.74, 6) is 1.71. The molecule has 0 atom stereocenters. The highest BCUT2D eigenvalue weighted by atomic mass is 16.5. The molecule has 0 fully saturated rings. The summed E-state index contributed by atoms with van der Waals surface area (Å²) in [4.78, 5) is 0. The van der Waals surface area contributed by atoms with Crippen LogP contribution in [0.3, 0.4) is 0 Å². The number of benzene rings is 1. The lowest BCUT2D eigenvalue weighted by atomic mass is 10.2. The van der Waals surface area contributed by atoms with Gasteiger partial charge >= 0.3 is 0 Å². The highest BCUT2D eigenvalue weighted by Gasteiger charge is 2.04. The molecule has 19 heavy (non-hydrogen) atoms. The zero-order valence-electron chi connectivity index (χ0n) is 11.1. The first-order chi connectivity index (χ1) is 9.29. The van der Waals surface area contributed by atoms with Gasteiger partial charge in [-0.15, -0.1) is 0 Å². The van der Waals surface area contributed by atoms with Gasteiger partial charge in [0.05, 0.1) is 12.2 Å². The number of aryl methyl sites for hydroxylation is 1. The second-order valence-electron chi connectivity index (χ2n) is 4.25. The Kier molecular flexibility index (Phi) is 4.75. The van der Waals surface area contributed by atoms with Crippen LogP contribution in [0.25, 0.3) is 0 Å². The normalized spacial score (nSPS) is 10.4. The fourth-order valence-electron chi connectivity index (χ4n) is 1.76. The van der Waals surface area contributed by atoms with Crippen molar-refractivity contribution in [2.45, 2.75) is 20.0 Å². The topological polar surface area (TPSA) is 47.3 Å². The van der Waals surface area contributed by atoms with Crippen molar-refractivity contribution < 1.29 is 9.26 Å². The molecule has 0 spiro atoms. The van der Waals surface area contributed by atoms with E-state index in [1.165, 1.54) is 0 Å². The Morgan fingerprint density at radius 1 is 1.37 bits per heavy atom. The van der Waals surface area contributed by atoms with Crippen LogP contribution >= 0.6 is 0 Å². The van der Waals surface area contributed by atoms with Gasteiger partial charge in [0.1, 0.15) is 12.4 Å². The summed E-state index contributed by atoms with van der Waals surface area (Å²) < 4.78 is 10.7. The number of nitrogens with one attached hydrogen (secondary N) is 1. The number of para-hydroxylation sites is 1. The van der Waals surface area contributed by atoms with Crippen LogP contribution in [0.4, 0.5) is 0 Å². The third kappa shape index (κ3) is 3.96. The van der Waals surface area contributed by atoms with Crippen LogP contribution in [0.2, 0.25) is 0 Å². The van der Waals surface area contributed by atoms with Crippen molar-refractivity contribution in [1.29, 1.82) is 0 Å². The molecule has 1 N–H and O–H groups in total. The third-order valence-electron chi connectivity index (χ3n) is 2.62. The molecule has 2 aromatic rings. The fraction of sp³-hybridized carbons (Fsp3) is 0.267. The molecule has 1 aromatic heterocycles. The lowest BCUT2D eigenvalue weighted by Gasteiger charge is -2.10. The van der Waals surface area contributed by atoms with E-state index in [1.54, 1.807) is 6.08 Å². The van der Waals surface area contributed by atoms with Crippen LogP contribution in [0, 0.1) is 6.92 Å². The monoisotopic (exact) mass is 258 g/mol. The van der Waals surface area contributed by atoms with Gasteiger partial charge in [-0.05, 0) is 13.0 Å². The molecule has 0 bridgehead atoms. The quantitative estimate of drug-likeness (QED) is 0.776. The highest BCUT2D eigenvalue weighted by Crippen LogP contribution is 2.17. The number of rotatable bonds is 7. The molecule has 0 aliphatic rings. The van der Waals surface area contributed by atoms with Crippen LogP contribution in [-0.2, 0) is 13.1 Å². The molecule has 4 nitrogen and oxygen atoms in total. The number of hydrogen-bond acceptors (Lipinski definition) is 4. The number of hydrogen-bond donors (Lipinski definition) is 1.